The lowest BCUT2D eigenvalue weighted by Crippen LogP contribution is -2.76. The van der Waals surface area contributed by atoms with E-state index in [4.69, 9.17) is 10.5 Å². The van der Waals surface area contributed by atoms with E-state index >= 15 is 0 Å². The van der Waals surface area contributed by atoms with Crippen LogP contribution < -0.4 is 11.1 Å². The fraction of sp³-hybridized carbons (Fsp3) is 0.929. The van der Waals surface area contributed by atoms with Crippen molar-refractivity contribution < 1.29 is 9.53 Å². The predicted octanol–water partition coefficient (Wildman–Crippen LogP) is 1.68. The highest BCUT2D eigenvalue weighted by Gasteiger charge is 2.60. The average molecular weight is 256 g/mol. The second-order valence-corrected chi connectivity index (χ2v) is 7.26. The van der Waals surface area contributed by atoms with Crippen LogP contribution in [0.5, 0.6) is 0 Å². The Morgan fingerprint density at radius 2 is 1.72 bits per heavy atom. The van der Waals surface area contributed by atoms with Gasteiger partial charge in [0.2, 0.25) is 5.91 Å². The molecular weight excluding hydrogens is 228 g/mol. The Morgan fingerprint density at radius 3 is 2.11 bits per heavy atom. The fourth-order valence-corrected chi connectivity index (χ4v) is 3.22. The van der Waals surface area contributed by atoms with Crippen LogP contribution in [0.15, 0.2) is 0 Å². The van der Waals surface area contributed by atoms with Crippen molar-refractivity contribution in [3.63, 3.8) is 0 Å². The van der Waals surface area contributed by atoms with Crippen LogP contribution in [0.3, 0.4) is 0 Å². The Kier molecular flexibility index (Phi) is 3.86. The molecule has 0 radical (unpaired) electrons. The van der Waals surface area contributed by atoms with Crippen molar-refractivity contribution in [1.29, 1.82) is 0 Å². The highest BCUT2D eigenvalue weighted by molar-refractivity contribution is 5.77. The highest BCUT2D eigenvalue weighted by Crippen LogP contribution is 2.52. The van der Waals surface area contributed by atoms with E-state index in [1.807, 2.05) is 13.8 Å². The maximum Gasteiger partial charge on any atom is 0.223 e. The first-order valence-electron chi connectivity index (χ1n) is 6.55. The predicted molar refractivity (Wildman–Crippen MR) is 73.2 cm³/mol. The topological polar surface area (TPSA) is 64.3 Å². The van der Waals surface area contributed by atoms with Gasteiger partial charge < -0.3 is 15.8 Å². The van der Waals surface area contributed by atoms with Gasteiger partial charge in [-0.1, -0.05) is 27.7 Å². The molecule has 0 atom stereocenters. The minimum absolute atomic E-state index is 0.0277. The summed E-state index contributed by atoms with van der Waals surface area (Å²) in [7, 11) is 1.63. The van der Waals surface area contributed by atoms with Crippen molar-refractivity contribution in [2.24, 2.45) is 16.6 Å². The molecule has 0 saturated heterocycles. The molecule has 1 rings (SSSR count). The first kappa shape index (κ1) is 15.4. The van der Waals surface area contributed by atoms with Crippen LogP contribution in [0.2, 0.25) is 0 Å². The number of methoxy groups -OCH3 is 1. The summed E-state index contributed by atoms with van der Waals surface area (Å²) in [4.78, 5) is 12.1. The van der Waals surface area contributed by atoms with Crippen LogP contribution in [-0.4, -0.2) is 30.7 Å². The van der Waals surface area contributed by atoms with Crippen LogP contribution >= 0.6 is 0 Å². The smallest absolute Gasteiger partial charge is 0.223 e. The van der Waals surface area contributed by atoms with Crippen LogP contribution in [0.4, 0.5) is 0 Å². The molecule has 4 nitrogen and oxygen atoms in total. The maximum atomic E-state index is 12.1. The molecular formula is C14H28N2O2. The number of carbonyl (C=O) groups excluding carboxylic acids is 1. The van der Waals surface area contributed by atoms with Gasteiger partial charge in [-0.2, -0.15) is 0 Å². The van der Waals surface area contributed by atoms with Gasteiger partial charge in [0.25, 0.3) is 0 Å². The molecule has 0 unspecified atom stereocenters. The Morgan fingerprint density at radius 1 is 1.28 bits per heavy atom. The first-order chi connectivity index (χ1) is 7.95. The van der Waals surface area contributed by atoms with Gasteiger partial charge in [-0.05, 0) is 13.8 Å². The number of nitrogens with one attached hydrogen (secondary N) is 1. The van der Waals surface area contributed by atoms with Gasteiger partial charge in [0.1, 0.15) is 0 Å². The largest absolute Gasteiger partial charge is 0.378 e. The fourth-order valence-electron chi connectivity index (χ4n) is 3.22. The van der Waals surface area contributed by atoms with Gasteiger partial charge >= 0.3 is 0 Å². The van der Waals surface area contributed by atoms with Crippen molar-refractivity contribution in [3.8, 4) is 0 Å². The molecule has 1 saturated carbocycles. The second kappa shape index (κ2) is 4.49. The molecule has 0 aliphatic heterocycles. The van der Waals surface area contributed by atoms with Crippen molar-refractivity contribution in [2.75, 3.05) is 7.11 Å². The average Bonchev–Trinajstić information content (AvgIpc) is 2.24. The van der Waals surface area contributed by atoms with Crippen molar-refractivity contribution >= 4 is 5.91 Å². The number of nitrogens with two attached hydrogens (primary N) is 1. The zero-order chi connectivity index (χ0) is 14.4. The summed E-state index contributed by atoms with van der Waals surface area (Å²) in [5, 5.41) is 3.12. The van der Waals surface area contributed by atoms with Gasteiger partial charge in [0.15, 0.2) is 0 Å². The molecule has 0 aromatic carbocycles. The Labute approximate surface area is 111 Å². The molecule has 0 heterocycles. The summed E-state index contributed by atoms with van der Waals surface area (Å²) in [6.45, 7) is 12.3. The zero-order valence-corrected chi connectivity index (χ0v) is 12.8. The first-order valence-corrected chi connectivity index (χ1v) is 6.55. The Balaban J connectivity index is 2.66. The number of ether oxygens (including phenoxy) is 1. The highest BCUT2D eigenvalue weighted by atomic mass is 16.5. The summed E-state index contributed by atoms with van der Waals surface area (Å²) >= 11 is 0. The summed E-state index contributed by atoms with van der Waals surface area (Å²) in [6, 6.07) is 0.214. The molecule has 1 aliphatic rings. The molecule has 18 heavy (non-hydrogen) atoms. The van der Waals surface area contributed by atoms with Crippen molar-refractivity contribution in [1.82, 2.24) is 5.32 Å². The minimum Gasteiger partial charge on any atom is -0.378 e. The van der Waals surface area contributed by atoms with Crippen LogP contribution in [-0.2, 0) is 9.53 Å². The Hall–Kier alpha value is -0.610. The van der Waals surface area contributed by atoms with E-state index in [1.165, 1.54) is 0 Å². The van der Waals surface area contributed by atoms with Gasteiger partial charge in [0.05, 0.1) is 12.0 Å². The van der Waals surface area contributed by atoms with E-state index < -0.39 is 5.60 Å². The minimum atomic E-state index is -0.426. The lowest BCUT2D eigenvalue weighted by molar-refractivity contribution is -0.136. The van der Waals surface area contributed by atoms with Crippen LogP contribution in [0.1, 0.15) is 48.0 Å². The standard InChI is InChI=1S/C14H28N2O2/c1-12(2,18-7)8-9(17)16-11-13(3,4)10(15)14(11,5)6/h10-11H,8,15H2,1-7H3,(H,16,17). The zero-order valence-electron chi connectivity index (χ0n) is 12.8. The monoisotopic (exact) mass is 256 g/mol. The third-order valence-electron chi connectivity index (χ3n) is 4.54. The molecule has 0 spiro atoms. The van der Waals surface area contributed by atoms with E-state index in [1.54, 1.807) is 7.11 Å². The quantitative estimate of drug-likeness (QED) is 0.804. The number of amides is 1. The molecule has 1 amide bonds. The van der Waals surface area contributed by atoms with E-state index in [0.29, 0.717) is 6.42 Å². The second-order valence-electron chi connectivity index (χ2n) is 7.26. The molecule has 4 heteroatoms. The summed E-state index contributed by atoms with van der Waals surface area (Å²) < 4.78 is 5.28. The summed E-state index contributed by atoms with van der Waals surface area (Å²) in [5.41, 5.74) is 5.63. The van der Waals surface area contributed by atoms with E-state index in [0.717, 1.165) is 0 Å². The van der Waals surface area contributed by atoms with Crippen LogP contribution in [0, 0.1) is 10.8 Å². The van der Waals surface area contributed by atoms with Crippen LogP contribution in [0.25, 0.3) is 0 Å². The molecule has 0 aromatic rings. The molecule has 1 aliphatic carbocycles. The molecule has 3 N–H and O–H groups in total. The van der Waals surface area contributed by atoms with Gasteiger partial charge in [-0.3, -0.25) is 4.79 Å². The summed E-state index contributed by atoms with van der Waals surface area (Å²) in [6.07, 6.45) is 0.362. The number of hydrogen-bond acceptors (Lipinski definition) is 3. The molecule has 1 fully saturated rings. The number of carbonyl (C=O) groups is 1. The van der Waals surface area contributed by atoms with Crippen molar-refractivity contribution in [3.05, 3.63) is 0 Å². The summed E-state index contributed by atoms with van der Waals surface area (Å²) in [5.74, 6) is 0.0277. The Bertz CT molecular complexity index is 319. The molecule has 0 aromatic heterocycles. The molecule has 0 bridgehead atoms. The van der Waals surface area contributed by atoms with Crippen molar-refractivity contribution in [2.45, 2.75) is 65.6 Å². The lowest BCUT2D eigenvalue weighted by atomic mass is 9.48. The van der Waals surface area contributed by atoms with E-state index in [-0.39, 0.29) is 28.8 Å². The normalized spacial score (nSPS) is 29.6. The lowest BCUT2D eigenvalue weighted by Gasteiger charge is -2.63. The molecule has 106 valence electrons. The number of hydrogen-bond donors (Lipinski definition) is 2. The third-order valence-corrected chi connectivity index (χ3v) is 4.54. The van der Waals surface area contributed by atoms with Gasteiger partial charge in [-0.15, -0.1) is 0 Å². The number of rotatable bonds is 4. The van der Waals surface area contributed by atoms with E-state index in [9.17, 15) is 4.79 Å². The third kappa shape index (κ3) is 2.54. The van der Waals surface area contributed by atoms with E-state index in [2.05, 4.69) is 33.0 Å². The maximum absolute atomic E-state index is 12.1. The SMILES string of the molecule is COC(C)(C)CC(=O)NC1C(C)(C)C(N)C1(C)C. The van der Waals surface area contributed by atoms with Gasteiger partial charge in [0, 0.05) is 30.0 Å². The van der Waals surface area contributed by atoms with Gasteiger partial charge in [-0.25, -0.2) is 0 Å².